The largest absolute Gasteiger partial charge is 0.380 e. The monoisotopic (exact) mass is 309 g/mol. The van der Waals surface area contributed by atoms with Crippen molar-refractivity contribution in [1.29, 1.82) is 0 Å². The average Bonchev–Trinajstić information content (AvgIpc) is 3.08. The number of hydrogen-bond acceptors (Lipinski definition) is 3. The van der Waals surface area contributed by atoms with Gasteiger partial charge in [-0.2, -0.15) is 0 Å². The normalized spacial score (nSPS) is 18.2. The van der Waals surface area contributed by atoms with Crippen molar-refractivity contribution in [3.63, 3.8) is 0 Å². The molecule has 3 heteroatoms. The summed E-state index contributed by atoms with van der Waals surface area (Å²) in [6, 6.07) is 13.3. The van der Waals surface area contributed by atoms with E-state index in [1.807, 2.05) is 12.4 Å². The number of rotatable bonds is 7. The van der Waals surface area contributed by atoms with Crippen molar-refractivity contribution in [3.05, 3.63) is 59.9 Å². The van der Waals surface area contributed by atoms with Crippen molar-refractivity contribution >= 4 is 5.69 Å². The number of pyridine rings is 1. The molecule has 3 nitrogen and oxygen atoms in total. The van der Waals surface area contributed by atoms with Crippen LogP contribution in [0.5, 0.6) is 0 Å². The zero-order valence-corrected chi connectivity index (χ0v) is 14.0. The van der Waals surface area contributed by atoms with E-state index in [4.69, 9.17) is 0 Å². The first-order valence-corrected chi connectivity index (χ1v) is 8.83. The summed E-state index contributed by atoms with van der Waals surface area (Å²) in [6.07, 6.45) is 9.08. The molecule has 1 N–H and O–H groups in total. The van der Waals surface area contributed by atoms with E-state index in [2.05, 4.69) is 58.5 Å². The first-order valence-electron chi connectivity index (χ1n) is 8.83. The Labute approximate surface area is 139 Å². The van der Waals surface area contributed by atoms with Crippen LogP contribution in [0.2, 0.25) is 0 Å². The van der Waals surface area contributed by atoms with Crippen LogP contribution in [0.15, 0.2) is 48.8 Å². The number of hydrogen-bond donors (Lipinski definition) is 1. The zero-order valence-electron chi connectivity index (χ0n) is 14.0. The fourth-order valence-electron chi connectivity index (χ4n) is 3.37. The molecule has 0 saturated carbocycles. The van der Waals surface area contributed by atoms with E-state index in [0.717, 1.165) is 12.2 Å². The van der Waals surface area contributed by atoms with Crippen LogP contribution in [-0.2, 0) is 6.54 Å². The Morgan fingerprint density at radius 2 is 2.09 bits per heavy atom. The topological polar surface area (TPSA) is 28.2 Å². The molecule has 1 aliphatic heterocycles. The molecule has 0 aliphatic carbocycles. The Kier molecular flexibility index (Phi) is 5.65. The molecule has 3 rings (SSSR count). The van der Waals surface area contributed by atoms with Crippen LogP contribution in [-0.4, -0.2) is 23.0 Å². The minimum Gasteiger partial charge on any atom is -0.380 e. The maximum Gasteiger partial charge on any atom is 0.0532 e. The van der Waals surface area contributed by atoms with Crippen molar-refractivity contribution in [1.82, 2.24) is 9.88 Å². The van der Waals surface area contributed by atoms with E-state index in [9.17, 15) is 0 Å². The molecule has 1 fully saturated rings. The maximum atomic E-state index is 4.47. The van der Waals surface area contributed by atoms with E-state index < -0.39 is 0 Å². The summed E-state index contributed by atoms with van der Waals surface area (Å²) in [5, 5.41) is 3.50. The Balaban J connectivity index is 1.64. The van der Waals surface area contributed by atoms with Gasteiger partial charge in [-0.15, -0.1) is 0 Å². The number of nitrogens with one attached hydrogen (secondary N) is 1. The summed E-state index contributed by atoms with van der Waals surface area (Å²) in [6.45, 7) is 5.55. The van der Waals surface area contributed by atoms with Gasteiger partial charge in [-0.1, -0.05) is 43.7 Å². The Morgan fingerprint density at radius 3 is 2.91 bits per heavy atom. The van der Waals surface area contributed by atoms with Crippen LogP contribution in [0, 0.1) is 0 Å². The Morgan fingerprint density at radius 1 is 1.22 bits per heavy atom. The molecule has 1 aromatic heterocycles. The third-order valence-electron chi connectivity index (χ3n) is 4.65. The van der Waals surface area contributed by atoms with Gasteiger partial charge in [0.2, 0.25) is 0 Å². The molecule has 1 aromatic carbocycles. The maximum absolute atomic E-state index is 4.47. The molecule has 0 spiro atoms. The van der Waals surface area contributed by atoms with Crippen LogP contribution >= 0.6 is 0 Å². The fourth-order valence-corrected chi connectivity index (χ4v) is 3.37. The highest BCUT2D eigenvalue weighted by Crippen LogP contribution is 2.32. The SMILES string of the molecule is CCCCN1CCCC1c1cncc(NCc2ccccc2)c1. The average molecular weight is 309 g/mol. The van der Waals surface area contributed by atoms with E-state index in [1.54, 1.807) is 0 Å². The zero-order chi connectivity index (χ0) is 15.9. The van der Waals surface area contributed by atoms with E-state index >= 15 is 0 Å². The second-order valence-corrected chi connectivity index (χ2v) is 6.39. The van der Waals surface area contributed by atoms with Crippen molar-refractivity contribution in [2.75, 3.05) is 18.4 Å². The number of benzene rings is 1. The smallest absolute Gasteiger partial charge is 0.0532 e. The lowest BCUT2D eigenvalue weighted by Gasteiger charge is -2.24. The van der Waals surface area contributed by atoms with Gasteiger partial charge in [-0.05, 0) is 49.5 Å². The Hall–Kier alpha value is -1.87. The van der Waals surface area contributed by atoms with E-state index in [1.165, 1.54) is 49.9 Å². The van der Waals surface area contributed by atoms with Crippen LogP contribution in [0.25, 0.3) is 0 Å². The molecule has 122 valence electrons. The lowest BCUT2D eigenvalue weighted by molar-refractivity contribution is 0.253. The second-order valence-electron chi connectivity index (χ2n) is 6.39. The lowest BCUT2D eigenvalue weighted by Crippen LogP contribution is -2.24. The minimum atomic E-state index is 0.549. The first-order chi connectivity index (χ1) is 11.4. The lowest BCUT2D eigenvalue weighted by atomic mass is 10.1. The van der Waals surface area contributed by atoms with Gasteiger partial charge < -0.3 is 5.32 Å². The predicted molar refractivity (Wildman–Crippen MR) is 96.5 cm³/mol. The number of aromatic nitrogens is 1. The van der Waals surface area contributed by atoms with Crippen molar-refractivity contribution < 1.29 is 0 Å². The highest BCUT2D eigenvalue weighted by atomic mass is 15.2. The highest BCUT2D eigenvalue weighted by Gasteiger charge is 2.25. The molecule has 0 radical (unpaired) electrons. The first kappa shape index (κ1) is 16.0. The van der Waals surface area contributed by atoms with Gasteiger partial charge in [0.25, 0.3) is 0 Å². The molecule has 0 bridgehead atoms. The molecule has 1 atom stereocenters. The van der Waals surface area contributed by atoms with Gasteiger partial charge >= 0.3 is 0 Å². The molecular formula is C20H27N3. The van der Waals surface area contributed by atoms with Crippen LogP contribution in [0.1, 0.15) is 49.8 Å². The fraction of sp³-hybridized carbons (Fsp3) is 0.450. The number of nitrogens with zero attached hydrogens (tertiary/aromatic N) is 2. The number of unbranched alkanes of at least 4 members (excludes halogenated alkanes) is 1. The quantitative estimate of drug-likeness (QED) is 0.808. The number of anilines is 1. The molecule has 0 amide bonds. The van der Waals surface area contributed by atoms with Crippen LogP contribution < -0.4 is 5.32 Å². The third kappa shape index (κ3) is 4.32. The van der Waals surface area contributed by atoms with Gasteiger partial charge in [0, 0.05) is 25.0 Å². The molecule has 2 heterocycles. The van der Waals surface area contributed by atoms with E-state index in [-0.39, 0.29) is 0 Å². The molecule has 23 heavy (non-hydrogen) atoms. The van der Waals surface area contributed by atoms with Crippen molar-refractivity contribution in [2.24, 2.45) is 0 Å². The molecule has 1 aliphatic rings. The molecule has 2 aromatic rings. The van der Waals surface area contributed by atoms with Gasteiger partial charge in [0.05, 0.1) is 5.69 Å². The third-order valence-corrected chi connectivity index (χ3v) is 4.65. The summed E-state index contributed by atoms with van der Waals surface area (Å²) in [7, 11) is 0. The van der Waals surface area contributed by atoms with Crippen molar-refractivity contribution in [3.8, 4) is 0 Å². The molecule has 1 saturated heterocycles. The summed E-state index contributed by atoms with van der Waals surface area (Å²) >= 11 is 0. The van der Waals surface area contributed by atoms with Crippen molar-refractivity contribution in [2.45, 2.75) is 45.2 Å². The highest BCUT2D eigenvalue weighted by molar-refractivity contribution is 5.44. The van der Waals surface area contributed by atoms with E-state index in [0.29, 0.717) is 6.04 Å². The minimum absolute atomic E-state index is 0.549. The predicted octanol–water partition coefficient (Wildman–Crippen LogP) is 4.63. The Bertz CT molecular complexity index is 597. The van der Waals surface area contributed by atoms with Gasteiger partial charge in [-0.25, -0.2) is 0 Å². The summed E-state index contributed by atoms with van der Waals surface area (Å²) < 4.78 is 0. The summed E-state index contributed by atoms with van der Waals surface area (Å²) in [4.78, 5) is 7.09. The molecule has 1 unspecified atom stereocenters. The summed E-state index contributed by atoms with van der Waals surface area (Å²) in [5.41, 5.74) is 3.77. The standard InChI is InChI=1S/C20H27N3/c1-2-3-11-23-12-7-10-20(23)18-13-19(16-21-15-18)22-14-17-8-5-4-6-9-17/h4-6,8-9,13,15-16,20,22H,2-3,7,10-12,14H2,1H3. The van der Waals surface area contributed by atoms with Gasteiger partial charge in [0.1, 0.15) is 0 Å². The van der Waals surface area contributed by atoms with Crippen LogP contribution in [0.3, 0.4) is 0 Å². The van der Waals surface area contributed by atoms with Gasteiger partial charge in [-0.3, -0.25) is 9.88 Å². The number of likely N-dealkylation sites (tertiary alicyclic amines) is 1. The van der Waals surface area contributed by atoms with Crippen LogP contribution in [0.4, 0.5) is 5.69 Å². The summed E-state index contributed by atoms with van der Waals surface area (Å²) in [5.74, 6) is 0. The second kappa shape index (κ2) is 8.11. The molecular weight excluding hydrogens is 282 g/mol. The van der Waals surface area contributed by atoms with Gasteiger partial charge in [0.15, 0.2) is 0 Å².